The zero-order valence-corrected chi connectivity index (χ0v) is 17.4. The first-order chi connectivity index (χ1) is 13.9. The third-order valence-corrected chi connectivity index (χ3v) is 5.28. The van der Waals surface area contributed by atoms with E-state index in [0.29, 0.717) is 21.2 Å². The minimum absolute atomic E-state index is 0.000237. The van der Waals surface area contributed by atoms with Crippen LogP contribution in [0.15, 0.2) is 79.5 Å². The zero-order valence-electron chi connectivity index (χ0n) is 15.8. The van der Waals surface area contributed by atoms with Gasteiger partial charge in [0.25, 0.3) is 0 Å². The quantitative estimate of drug-likeness (QED) is 0.208. The van der Waals surface area contributed by atoms with Gasteiger partial charge >= 0.3 is 0 Å². The van der Waals surface area contributed by atoms with Gasteiger partial charge in [-0.25, -0.2) is 0 Å². The first-order valence-corrected chi connectivity index (χ1v) is 9.98. The van der Waals surface area contributed by atoms with Crippen LogP contribution in [0.25, 0.3) is 0 Å². The number of hydrogen-bond acceptors (Lipinski definition) is 9. The lowest BCUT2D eigenvalue weighted by Crippen LogP contribution is -2.06. The first kappa shape index (κ1) is 23.8. The number of nitrogens with zero attached hydrogens (tertiary/aromatic N) is 2. The Hall–Kier alpha value is -3.24. The number of benzene rings is 2. The van der Waals surface area contributed by atoms with E-state index in [-0.39, 0.29) is 27.8 Å². The Kier molecular flexibility index (Phi) is 10.1. The molecule has 0 aliphatic rings. The van der Waals surface area contributed by atoms with E-state index in [0.717, 1.165) is 23.5 Å². The van der Waals surface area contributed by atoms with E-state index in [9.17, 15) is 10.5 Å². The second-order valence-corrected chi connectivity index (χ2v) is 7.47. The van der Waals surface area contributed by atoms with Crippen molar-refractivity contribution in [1.82, 2.24) is 0 Å². The van der Waals surface area contributed by atoms with Crippen LogP contribution in [0.4, 0.5) is 11.4 Å². The van der Waals surface area contributed by atoms with Crippen LogP contribution in [0.2, 0.25) is 0 Å². The topological polar surface area (TPSA) is 172 Å². The number of rotatable bonds is 5. The van der Waals surface area contributed by atoms with Crippen LogP contribution in [0.3, 0.4) is 0 Å². The molecule has 0 bridgehead atoms. The smallest absolute Gasteiger partial charge is 0.103 e. The van der Waals surface area contributed by atoms with E-state index < -0.39 is 0 Å². The van der Waals surface area contributed by atoms with Crippen molar-refractivity contribution >= 4 is 34.9 Å². The van der Waals surface area contributed by atoms with Gasteiger partial charge in [-0.3, -0.25) is 0 Å². The number of aliphatic hydroxyl groups excluding tert-OH is 1. The maximum Gasteiger partial charge on any atom is 0.103 e. The zero-order chi connectivity index (χ0) is 21.8. The predicted octanol–water partition coefficient (Wildman–Crippen LogP) is 3.12. The Morgan fingerprint density at radius 3 is 1.41 bits per heavy atom. The van der Waals surface area contributed by atoms with Gasteiger partial charge in [0.1, 0.15) is 23.3 Å². The summed E-state index contributed by atoms with van der Waals surface area (Å²) in [4.78, 5) is 1.38. The van der Waals surface area contributed by atoms with Crippen molar-refractivity contribution in [2.24, 2.45) is 11.5 Å². The highest BCUT2D eigenvalue weighted by atomic mass is 32.2. The predicted molar refractivity (Wildman–Crippen MR) is 120 cm³/mol. The summed E-state index contributed by atoms with van der Waals surface area (Å²) in [6.45, 7) is 1.93. The van der Waals surface area contributed by atoms with Gasteiger partial charge in [0.15, 0.2) is 0 Å². The molecular weight excluding hydrogens is 404 g/mol. The van der Waals surface area contributed by atoms with Crippen molar-refractivity contribution in [2.75, 3.05) is 18.1 Å². The highest BCUT2D eigenvalue weighted by Crippen LogP contribution is 2.35. The normalized spacial score (nSPS) is 11.7. The number of nitrogen functional groups attached to an aromatic ring is 2. The molecule has 0 atom stereocenters. The molecule has 2 rings (SSSR count). The number of allylic oxidation sites excluding steroid dienone is 2. The lowest BCUT2D eigenvalue weighted by molar-refractivity contribution is 0.318. The lowest BCUT2D eigenvalue weighted by Gasteiger charge is -2.10. The lowest BCUT2D eigenvalue weighted by atomic mass is 10.1. The highest BCUT2D eigenvalue weighted by Gasteiger charge is 2.16. The van der Waals surface area contributed by atoms with E-state index in [1.54, 1.807) is 43.3 Å². The SMILES string of the molecule is CCO.N#CC(=C(N)Sc1ccccc1N)C(C#N)=C(N)Sc1ccccc1N. The Morgan fingerprint density at radius 2 is 1.14 bits per heavy atom. The van der Waals surface area contributed by atoms with Crippen LogP contribution in [0, 0.1) is 22.7 Å². The van der Waals surface area contributed by atoms with E-state index in [4.69, 9.17) is 28.0 Å². The standard InChI is InChI=1S/C18H16N6S2.C2H6O/c19-9-11(17(23)25-15-7-3-1-5-13(15)21)12(10-20)18(24)26-16-8-4-2-6-14(16)22;1-2-3/h1-8H,21-24H2;3H,2H2,1H3. The summed E-state index contributed by atoms with van der Waals surface area (Å²) >= 11 is 2.22. The summed E-state index contributed by atoms with van der Waals surface area (Å²) in [5.41, 5.74) is 25.0. The molecule has 0 aliphatic carbocycles. The summed E-state index contributed by atoms with van der Waals surface area (Å²) in [6.07, 6.45) is 0. The third-order valence-electron chi connectivity index (χ3n) is 3.24. The van der Waals surface area contributed by atoms with Crippen LogP contribution in [-0.4, -0.2) is 11.7 Å². The van der Waals surface area contributed by atoms with E-state index in [2.05, 4.69) is 0 Å². The molecule has 0 aromatic heterocycles. The van der Waals surface area contributed by atoms with E-state index in [1.165, 1.54) is 0 Å². The fraction of sp³-hybridized carbons (Fsp3) is 0.100. The molecular formula is C20H22N6OS2. The third kappa shape index (κ3) is 7.01. The maximum atomic E-state index is 9.51. The average Bonchev–Trinajstić information content (AvgIpc) is 2.70. The molecule has 29 heavy (non-hydrogen) atoms. The highest BCUT2D eigenvalue weighted by molar-refractivity contribution is 8.03. The van der Waals surface area contributed by atoms with Crippen molar-refractivity contribution < 1.29 is 5.11 Å². The summed E-state index contributed by atoms with van der Waals surface area (Å²) in [7, 11) is 0. The molecule has 0 radical (unpaired) electrons. The molecule has 0 spiro atoms. The fourth-order valence-electron chi connectivity index (χ4n) is 1.95. The molecule has 7 nitrogen and oxygen atoms in total. The van der Waals surface area contributed by atoms with Crippen LogP contribution >= 0.6 is 23.5 Å². The minimum Gasteiger partial charge on any atom is -0.398 e. The van der Waals surface area contributed by atoms with Crippen molar-refractivity contribution in [1.29, 1.82) is 10.5 Å². The van der Waals surface area contributed by atoms with Gasteiger partial charge in [-0.05, 0) is 31.2 Å². The minimum atomic E-state index is 0.000237. The molecule has 0 saturated heterocycles. The molecule has 0 saturated carbocycles. The number of hydrogen-bond donors (Lipinski definition) is 5. The molecule has 0 aliphatic heterocycles. The average molecular weight is 427 g/mol. The Bertz CT molecular complexity index is 909. The summed E-state index contributed by atoms with van der Waals surface area (Å²) < 4.78 is 0. The van der Waals surface area contributed by atoms with Crippen LogP contribution < -0.4 is 22.9 Å². The van der Waals surface area contributed by atoms with Crippen LogP contribution in [0.1, 0.15) is 6.92 Å². The van der Waals surface area contributed by atoms with Gasteiger partial charge in [-0.2, -0.15) is 10.5 Å². The maximum absolute atomic E-state index is 9.51. The fourth-order valence-corrected chi connectivity index (χ4v) is 3.59. The monoisotopic (exact) mass is 426 g/mol. The van der Waals surface area contributed by atoms with E-state index in [1.807, 2.05) is 24.3 Å². The number of nitrogens with two attached hydrogens (primary N) is 4. The second-order valence-electron chi connectivity index (χ2n) is 5.30. The molecule has 150 valence electrons. The number of thioether (sulfide) groups is 2. The Labute approximate surface area is 178 Å². The summed E-state index contributed by atoms with van der Waals surface area (Å²) in [6, 6.07) is 18.1. The molecule has 0 amide bonds. The van der Waals surface area contributed by atoms with Crippen molar-refractivity contribution in [3.8, 4) is 12.1 Å². The molecule has 0 fully saturated rings. The van der Waals surface area contributed by atoms with Crippen molar-refractivity contribution in [2.45, 2.75) is 16.7 Å². The molecule has 2 aromatic rings. The molecule has 2 aromatic carbocycles. The van der Waals surface area contributed by atoms with Gasteiger partial charge in [-0.1, -0.05) is 47.8 Å². The van der Waals surface area contributed by atoms with Gasteiger partial charge in [0, 0.05) is 27.8 Å². The number of anilines is 2. The first-order valence-electron chi connectivity index (χ1n) is 8.35. The van der Waals surface area contributed by atoms with Gasteiger partial charge in [0.2, 0.25) is 0 Å². The Morgan fingerprint density at radius 1 is 0.828 bits per heavy atom. The Balaban J connectivity index is 0.00000132. The van der Waals surface area contributed by atoms with Crippen molar-refractivity contribution in [3.63, 3.8) is 0 Å². The summed E-state index contributed by atoms with van der Waals surface area (Å²) in [5, 5.41) is 26.9. The molecule has 9 heteroatoms. The second kappa shape index (κ2) is 12.3. The molecule has 9 N–H and O–H groups in total. The molecule has 0 unspecified atom stereocenters. The van der Waals surface area contributed by atoms with Gasteiger partial charge in [0.05, 0.1) is 10.1 Å². The number of nitriles is 2. The number of aliphatic hydroxyl groups is 1. The summed E-state index contributed by atoms with van der Waals surface area (Å²) in [5.74, 6) is 0. The molecule has 0 heterocycles. The largest absolute Gasteiger partial charge is 0.398 e. The van der Waals surface area contributed by atoms with Crippen LogP contribution in [0.5, 0.6) is 0 Å². The van der Waals surface area contributed by atoms with Gasteiger partial charge < -0.3 is 28.0 Å². The number of para-hydroxylation sites is 2. The van der Waals surface area contributed by atoms with E-state index >= 15 is 0 Å². The van der Waals surface area contributed by atoms with Crippen molar-refractivity contribution in [3.05, 3.63) is 69.7 Å². The van der Waals surface area contributed by atoms with Gasteiger partial charge in [-0.15, -0.1) is 0 Å². The van der Waals surface area contributed by atoms with Crippen LogP contribution in [-0.2, 0) is 0 Å².